The van der Waals surface area contributed by atoms with E-state index < -0.39 is 23.9 Å². The molecule has 0 atom stereocenters. The van der Waals surface area contributed by atoms with Crippen LogP contribution >= 0.6 is 30.3 Å². The van der Waals surface area contributed by atoms with Crippen LogP contribution in [0.1, 0.15) is 4.88 Å². The van der Waals surface area contributed by atoms with Crippen molar-refractivity contribution >= 4 is 49.7 Å². The van der Waals surface area contributed by atoms with Gasteiger partial charge in [-0.25, -0.2) is 8.42 Å². The molecule has 2 heterocycles. The van der Waals surface area contributed by atoms with Gasteiger partial charge in [0.15, 0.2) is 0 Å². The second kappa shape index (κ2) is 5.23. The monoisotopic (exact) mass is 342 g/mol. The average Bonchev–Trinajstić information content (AvgIpc) is 2.82. The van der Waals surface area contributed by atoms with Crippen LogP contribution in [-0.4, -0.2) is 24.5 Å². The van der Waals surface area contributed by atoms with Crippen molar-refractivity contribution in [3.05, 3.63) is 17.0 Å². The molecule has 5 N–H and O–H groups in total. The van der Waals surface area contributed by atoms with Gasteiger partial charge < -0.3 is 15.5 Å². The third-order valence-corrected chi connectivity index (χ3v) is 7.14. The molecule has 0 aliphatic heterocycles. The van der Waals surface area contributed by atoms with Crippen LogP contribution in [0.25, 0.3) is 9.40 Å². The summed E-state index contributed by atoms with van der Waals surface area (Å²) in [5.74, 6) is 0. The molecular formula is C8H11N2O5PS3. The molecule has 0 spiro atoms. The lowest BCUT2D eigenvalue weighted by Gasteiger charge is -2.05. The first-order valence-corrected chi connectivity index (χ1v) is 9.89. The summed E-state index contributed by atoms with van der Waals surface area (Å²) in [5.41, 5.74) is 5.49. The summed E-state index contributed by atoms with van der Waals surface area (Å²) in [6, 6.07) is 3.29. The van der Waals surface area contributed by atoms with Crippen molar-refractivity contribution in [3.63, 3.8) is 0 Å². The Morgan fingerprint density at radius 2 is 1.89 bits per heavy atom. The van der Waals surface area contributed by atoms with Crippen LogP contribution in [0.4, 0.5) is 0 Å². The van der Waals surface area contributed by atoms with Gasteiger partial charge in [-0.2, -0.15) is 4.72 Å². The number of nitrogens with one attached hydrogen (secondary N) is 1. The van der Waals surface area contributed by atoms with Gasteiger partial charge in [0.05, 0.1) is 0 Å². The molecule has 0 unspecified atom stereocenters. The smallest absolute Gasteiger partial charge is 0.326 e. The molecule has 0 aromatic carbocycles. The van der Waals surface area contributed by atoms with Gasteiger partial charge in [0.1, 0.15) is 10.5 Å². The minimum absolute atomic E-state index is 0.0331. The molecule has 7 nitrogen and oxygen atoms in total. The summed E-state index contributed by atoms with van der Waals surface area (Å²) in [4.78, 5) is 18.3. The van der Waals surface area contributed by atoms with E-state index in [1.165, 1.54) is 17.4 Å². The lowest BCUT2D eigenvalue weighted by Crippen LogP contribution is -2.23. The number of thiophene rings is 2. The van der Waals surface area contributed by atoms with Crippen LogP contribution in [0.5, 0.6) is 0 Å². The van der Waals surface area contributed by atoms with Crippen molar-refractivity contribution in [2.75, 3.05) is 6.29 Å². The maximum atomic E-state index is 11.8. The normalized spacial score (nSPS) is 13.2. The van der Waals surface area contributed by atoms with E-state index in [1.807, 2.05) is 10.8 Å². The molecule has 0 radical (unpaired) electrons. The summed E-state index contributed by atoms with van der Waals surface area (Å²) in [7, 11) is -8.31. The number of hydrogen-bond donors (Lipinski definition) is 4. The summed E-state index contributed by atoms with van der Waals surface area (Å²) < 4.78 is 37.9. The van der Waals surface area contributed by atoms with Crippen LogP contribution in [0.3, 0.4) is 0 Å². The van der Waals surface area contributed by atoms with Crippen molar-refractivity contribution < 1.29 is 22.8 Å². The van der Waals surface area contributed by atoms with Gasteiger partial charge in [0.2, 0.25) is 0 Å². The summed E-state index contributed by atoms with van der Waals surface area (Å²) in [6.07, 6.45) is -0.908. The van der Waals surface area contributed by atoms with Crippen molar-refractivity contribution in [2.45, 2.75) is 10.8 Å². The van der Waals surface area contributed by atoms with Gasteiger partial charge in [-0.15, -0.1) is 22.7 Å². The number of rotatable bonds is 5. The van der Waals surface area contributed by atoms with E-state index in [0.29, 0.717) is 6.54 Å². The van der Waals surface area contributed by atoms with E-state index in [9.17, 15) is 13.0 Å². The van der Waals surface area contributed by atoms with Crippen LogP contribution in [-0.2, 0) is 21.1 Å². The molecule has 0 fully saturated rings. The molecule has 2 rings (SSSR count). The topological polar surface area (TPSA) is 130 Å². The van der Waals surface area contributed by atoms with Crippen LogP contribution in [0.15, 0.2) is 16.3 Å². The fraction of sp³-hybridized carbons (Fsp3) is 0.250. The Bertz CT molecular complexity index is 712. The second-order valence-corrected chi connectivity index (χ2v) is 9.57. The van der Waals surface area contributed by atoms with Gasteiger partial charge in [-0.1, -0.05) is 0 Å². The molecule has 0 aliphatic rings. The molecule has 0 aliphatic carbocycles. The zero-order valence-corrected chi connectivity index (χ0v) is 12.8. The van der Waals surface area contributed by atoms with Gasteiger partial charge in [0.25, 0.3) is 10.0 Å². The van der Waals surface area contributed by atoms with Gasteiger partial charge in [0, 0.05) is 20.8 Å². The molecule has 0 saturated carbocycles. The summed E-state index contributed by atoms with van der Waals surface area (Å²) in [6.45, 7) is 0.393. The van der Waals surface area contributed by atoms with Crippen molar-refractivity contribution in [2.24, 2.45) is 5.73 Å². The minimum Gasteiger partial charge on any atom is -0.326 e. The zero-order chi connectivity index (χ0) is 14.3. The number of hydrogen-bond acceptors (Lipinski definition) is 6. The Labute approximate surface area is 117 Å². The number of nitrogens with two attached hydrogens (primary N) is 1. The third kappa shape index (κ3) is 3.61. The van der Waals surface area contributed by atoms with Crippen LogP contribution in [0.2, 0.25) is 0 Å². The van der Waals surface area contributed by atoms with Crippen molar-refractivity contribution in [1.29, 1.82) is 0 Å². The Hall–Kier alpha value is -0.320. The quantitative estimate of drug-likeness (QED) is 0.596. The lowest BCUT2D eigenvalue weighted by atomic mass is 10.4. The highest BCUT2D eigenvalue weighted by Gasteiger charge is 2.22. The van der Waals surface area contributed by atoms with E-state index >= 15 is 0 Å². The van der Waals surface area contributed by atoms with Gasteiger partial charge in [-0.3, -0.25) is 4.57 Å². The number of sulfonamides is 1. The van der Waals surface area contributed by atoms with E-state index in [0.717, 1.165) is 25.6 Å². The predicted octanol–water partition coefficient (Wildman–Crippen LogP) is 0.835. The molecule has 0 saturated heterocycles. The third-order valence-electron chi connectivity index (χ3n) is 2.16. The molecule has 11 heteroatoms. The highest BCUT2D eigenvalue weighted by atomic mass is 32.2. The average molecular weight is 342 g/mol. The Balaban J connectivity index is 2.27. The summed E-state index contributed by atoms with van der Waals surface area (Å²) >= 11 is 2.44. The Kier molecular flexibility index (Phi) is 4.15. The van der Waals surface area contributed by atoms with Crippen molar-refractivity contribution in [1.82, 2.24) is 4.72 Å². The van der Waals surface area contributed by atoms with E-state index in [2.05, 4.69) is 0 Å². The Morgan fingerprint density at radius 1 is 1.26 bits per heavy atom. The SMILES string of the molecule is NCc1cc2sc(S(=O)(=O)NCP(=O)(O)O)cc2s1. The molecule has 0 bridgehead atoms. The van der Waals surface area contributed by atoms with Crippen LogP contribution < -0.4 is 10.5 Å². The molecule has 106 valence electrons. The minimum atomic E-state index is -4.41. The largest absolute Gasteiger partial charge is 0.340 e. The molecule has 19 heavy (non-hydrogen) atoms. The fourth-order valence-corrected chi connectivity index (χ4v) is 6.10. The molecule has 2 aromatic heterocycles. The molecule has 2 aromatic rings. The van der Waals surface area contributed by atoms with Crippen LogP contribution in [0, 0.1) is 0 Å². The van der Waals surface area contributed by atoms with E-state index in [-0.39, 0.29) is 4.21 Å². The maximum absolute atomic E-state index is 11.8. The second-order valence-electron chi connectivity index (χ2n) is 3.68. The van der Waals surface area contributed by atoms with E-state index in [1.54, 1.807) is 0 Å². The first kappa shape index (κ1) is 15.1. The molecule has 0 amide bonds. The van der Waals surface area contributed by atoms with Crippen molar-refractivity contribution in [3.8, 4) is 0 Å². The first-order valence-electron chi connectivity index (χ1n) is 4.98. The van der Waals surface area contributed by atoms with Gasteiger partial charge in [-0.05, 0) is 12.1 Å². The highest BCUT2D eigenvalue weighted by Crippen LogP contribution is 2.36. The predicted molar refractivity (Wildman–Crippen MR) is 74.8 cm³/mol. The lowest BCUT2D eigenvalue weighted by molar-refractivity contribution is 0.371. The zero-order valence-electron chi connectivity index (χ0n) is 9.44. The summed E-state index contributed by atoms with van der Waals surface area (Å²) in [5, 5.41) is 0. The number of fused-ring (bicyclic) bond motifs is 1. The standard InChI is InChI=1S/C8H11N2O5PS3/c9-3-5-1-6-7(17-5)2-8(18-6)19(14,15)10-4-16(11,12)13/h1-2,10H,3-4,9H2,(H2,11,12,13). The van der Waals surface area contributed by atoms with Gasteiger partial charge >= 0.3 is 7.60 Å². The Morgan fingerprint density at radius 3 is 2.42 bits per heavy atom. The highest BCUT2D eigenvalue weighted by molar-refractivity contribution is 7.92. The maximum Gasteiger partial charge on any atom is 0.340 e. The first-order chi connectivity index (χ1) is 8.71. The fourth-order valence-electron chi connectivity index (χ4n) is 1.34. The van der Waals surface area contributed by atoms with E-state index in [4.69, 9.17) is 15.5 Å². The molecular weight excluding hydrogens is 331 g/mol.